The highest BCUT2D eigenvalue weighted by atomic mass is 32.2. The van der Waals surface area contributed by atoms with Crippen LogP contribution in [0.25, 0.3) is 11.1 Å². The Morgan fingerprint density at radius 3 is 2.45 bits per heavy atom. The van der Waals surface area contributed by atoms with Crippen LogP contribution in [0.4, 0.5) is 0 Å². The van der Waals surface area contributed by atoms with Crippen molar-refractivity contribution in [1.29, 1.82) is 5.41 Å². The summed E-state index contributed by atoms with van der Waals surface area (Å²) < 4.78 is 41.2. The van der Waals surface area contributed by atoms with Crippen LogP contribution in [0.1, 0.15) is 37.1 Å². The fourth-order valence-corrected chi connectivity index (χ4v) is 5.35. The van der Waals surface area contributed by atoms with Crippen molar-refractivity contribution < 1.29 is 17.9 Å². The van der Waals surface area contributed by atoms with Gasteiger partial charge in [-0.2, -0.15) is 5.10 Å². The summed E-state index contributed by atoms with van der Waals surface area (Å²) in [5.41, 5.74) is 3.72. The van der Waals surface area contributed by atoms with Crippen molar-refractivity contribution in [3.05, 3.63) is 66.0 Å². The Hall–Kier alpha value is -3.17. The SMILES string of the molecule is CCOC(=N)Cn1ncc2c1CCCC2NS(=O)(=O)c1ccc(-c2ccc(OC)cc2)cc1. The van der Waals surface area contributed by atoms with E-state index in [0.717, 1.165) is 41.0 Å². The zero-order valence-electron chi connectivity index (χ0n) is 18.7. The fraction of sp³-hybridized carbons (Fsp3) is 0.333. The van der Waals surface area contributed by atoms with Crippen LogP contribution in [0, 0.1) is 5.41 Å². The van der Waals surface area contributed by atoms with Crippen molar-refractivity contribution in [3.63, 3.8) is 0 Å². The summed E-state index contributed by atoms with van der Waals surface area (Å²) in [6, 6.07) is 14.1. The molecule has 1 unspecified atom stereocenters. The molecule has 1 heterocycles. The first-order valence-electron chi connectivity index (χ1n) is 10.9. The number of methoxy groups -OCH3 is 1. The summed E-state index contributed by atoms with van der Waals surface area (Å²) in [5, 5.41) is 12.3. The second-order valence-corrected chi connectivity index (χ2v) is 9.59. The van der Waals surface area contributed by atoms with Crippen molar-refractivity contribution in [1.82, 2.24) is 14.5 Å². The molecule has 2 N–H and O–H groups in total. The Bertz CT molecular complexity index is 1220. The molecule has 1 aliphatic rings. The van der Waals surface area contributed by atoms with Gasteiger partial charge >= 0.3 is 0 Å². The second-order valence-electron chi connectivity index (χ2n) is 7.88. The Morgan fingerprint density at radius 2 is 1.82 bits per heavy atom. The number of rotatable bonds is 8. The van der Waals surface area contributed by atoms with E-state index >= 15 is 0 Å². The van der Waals surface area contributed by atoms with Gasteiger partial charge in [-0.25, -0.2) is 13.1 Å². The molecule has 0 aliphatic heterocycles. The molecule has 1 aliphatic carbocycles. The van der Waals surface area contributed by atoms with Crippen molar-refractivity contribution in [2.75, 3.05) is 13.7 Å². The molecule has 1 atom stereocenters. The van der Waals surface area contributed by atoms with E-state index in [1.54, 1.807) is 42.3 Å². The third kappa shape index (κ3) is 5.09. The van der Waals surface area contributed by atoms with Gasteiger partial charge in [0.15, 0.2) is 0 Å². The maximum absolute atomic E-state index is 13.1. The first kappa shape index (κ1) is 23.0. The quantitative estimate of drug-likeness (QED) is 0.385. The van der Waals surface area contributed by atoms with E-state index in [1.165, 1.54) is 0 Å². The molecule has 0 spiro atoms. The number of nitrogens with zero attached hydrogens (tertiary/aromatic N) is 2. The molecule has 33 heavy (non-hydrogen) atoms. The van der Waals surface area contributed by atoms with Gasteiger partial charge in [0, 0.05) is 11.3 Å². The van der Waals surface area contributed by atoms with Gasteiger partial charge in [0.25, 0.3) is 0 Å². The molecule has 2 aromatic carbocycles. The average Bonchev–Trinajstić information content (AvgIpc) is 3.23. The maximum atomic E-state index is 13.1. The van der Waals surface area contributed by atoms with Gasteiger partial charge in [-0.15, -0.1) is 0 Å². The Kier molecular flexibility index (Phi) is 6.80. The van der Waals surface area contributed by atoms with Gasteiger partial charge in [-0.3, -0.25) is 10.1 Å². The first-order valence-corrected chi connectivity index (χ1v) is 12.4. The molecule has 3 aromatic rings. The lowest BCUT2D eigenvalue weighted by atomic mass is 9.94. The van der Waals surface area contributed by atoms with Gasteiger partial charge in [-0.1, -0.05) is 24.3 Å². The standard InChI is InChI=1S/C24H28N4O4S/c1-3-32-24(25)16-28-23-6-4-5-22(21(23)15-26-28)27-33(29,30)20-13-9-18(10-14-20)17-7-11-19(31-2)12-8-17/h7-15,22,25,27H,3-6,16H2,1-2H3. The van der Waals surface area contributed by atoms with E-state index in [1.807, 2.05) is 31.2 Å². The van der Waals surface area contributed by atoms with Crippen molar-refractivity contribution in [2.24, 2.45) is 0 Å². The van der Waals surface area contributed by atoms with Crippen LogP contribution in [-0.2, 0) is 27.7 Å². The number of sulfonamides is 1. The molecule has 0 amide bonds. The van der Waals surface area contributed by atoms with E-state index in [2.05, 4.69) is 9.82 Å². The fourth-order valence-electron chi connectivity index (χ4n) is 4.10. The highest BCUT2D eigenvalue weighted by Gasteiger charge is 2.29. The third-order valence-electron chi connectivity index (χ3n) is 5.76. The summed E-state index contributed by atoms with van der Waals surface area (Å²) in [6.07, 6.45) is 4.03. The highest BCUT2D eigenvalue weighted by Crippen LogP contribution is 2.31. The maximum Gasteiger partial charge on any atom is 0.241 e. The van der Waals surface area contributed by atoms with Crippen LogP contribution >= 0.6 is 0 Å². The van der Waals surface area contributed by atoms with E-state index < -0.39 is 10.0 Å². The molecule has 8 nitrogen and oxygen atoms in total. The number of ether oxygens (including phenoxy) is 2. The monoisotopic (exact) mass is 468 g/mol. The van der Waals surface area contributed by atoms with E-state index in [-0.39, 0.29) is 23.4 Å². The highest BCUT2D eigenvalue weighted by molar-refractivity contribution is 7.89. The molecule has 4 rings (SSSR count). The lowest BCUT2D eigenvalue weighted by Gasteiger charge is -2.24. The summed E-state index contributed by atoms with van der Waals surface area (Å²) in [6.45, 7) is 2.51. The molecule has 0 radical (unpaired) electrons. The number of benzene rings is 2. The average molecular weight is 469 g/mol. The van der Waals surface area contributed by atoms with Crippen LogP contribution in [0.2, 0.25) is 0 Å². The Morgan fingerprint density at radius 1 is 1.15 bits per heavy atom. The molecule has 0 saturated carbocycles. The van der Waals surface area contributed by atoms with Gasteiger partial charge < -0.3 is 9.47 Å². The zero-order valence-corrected chi connectivity index (χ0v) is 19.6. The summed E-state index contributed by atoms with van der Waals surface area (Å²) in [4.78, 5) is 0.220. The zero-order chi connectivity index (χ0) is 23.4. The predicted molar refractivity (Wildman–Crippen MR) is 126 cm³/mol. The Balaban J connectivity index is 1.50. The van der Waals surface area contributed by atoms with Crippen LogP contribution in [0.5, 0.6) is 5.75 Å². The number of aromatic nitrogens is 2. The minimum absolute atomic E-state index is 0.142. The van der Waals surface area contributed by atoms with Gasteiger partial charge in [0.1, 0.15) is 12.3 Å². The predicted octanol–water partition coefficient (Wildman–Crippen LogP) is 3.93. The first-order chi connectivity index (χ1) is 15.9. The third-order valence-corrected chi connectivity index (χ3v) is 7.25. The summed E-state index contributed by atoms with van der Waals surface area (Å²) in [7, 11) is -2.09. The van der Waals surface area contributed by atoms with Crippen molar-refractivity contribution in [3.8, 4) is 16.9 Å². The number of hydrogen-bond donors (Lipinski definition) is 2. The van der Waals surface area contributed by atoms with Gasteiger partial charge in [0.2, 0.25) is 15.9 Å². The molecular formula is C24H28N4O4S. The molecule has 174 valence electrons. The van der Waals surface area contributed by atoms with E-state index in [4.69, 9.17) is 14.9 Å². The molecular weight excluding hydrogens is 440 g/mol. The van der Waals surface area contributed by atoms with E-state index in [9.17, 15) is 8.42 Å². The Labute approximate surface area is 194 Å². The van der Waals surface area contributed by atoms with Gasteiger partial charge in [0.05, 0.1) is 30.9 Å². The largest absolute Gasteiger partial charge is 0.497 e. The smallest absolute Gasteiger partial charge is 0.241 e. The van der Waals surface area contributed by atoms with Crippen molar-refractivity contribution >= 4 is 15.9 Å². The van der Waals surface area contributed by atoms with Crippen LogP contribution in [0.15, 0.2) is 59.6 Å². The lowest BCUT2D eigenvalue weighted by Crippen LogP contribution is -2.31. The van der Waals surface area contributed by atoms with Gasteiger partial charge in [-0.05, 0) is 61.6 Å². The van der Waals surface area contributed by atoms with E-state index in [0.29, 0.717) is 13.0 Å². The van der Waals surface area contributed by atoms with Crippen LogP contribution < -0.4 is 9.46 Å². The lowest BCUT2D eigenvalue weighted by molar-refractivity contribution is 0.307. The normalized spacial score (nSPS) is 15.6. The summed E-state index contributed by atoms with van der Waals surface area (Å²) >= 11 is 0. The molecule has 0 bridgehead atoms. The molecule has 0 fully saturated rings. The number of hydrogen-bond acceptors (Lipinski definition) is 6. The molecule has 9 heteroatoms. The van der Waals surface area contributed by atoms with Crippen LogP contribution in [0.3, 0.4) is 0 Å². The topological polar surface area (TPSA) is 106 Å². The minimum Gasteiger partial charge on any atom is -0.497 e. The second kappa shape index (κ2) is 9.76. The number of fused-ring (bicyclic) bond motifs is 1. The molecule has 1 aromatic heterocycles. The molecule has 0 saturated heterocycles. The van der Waals surface area contributed by atoms with Crippen molar-refractivity contribution in [2.45, 2.75) is 43.7 Å². The minimum atomic E-state index is -3.71. The summed E-state index contributed by atoms with van der Waals surface area (Å²) in [5.74, 6) is 0.912. The number of nitrogens with one attached hydrogen (secondary N) is 2. The van der Waals surface area contributed by atoms with Crippen LogP contribution in [-0.4, -0.2) is 37.8 Å².